The Morgan fingerprint density at radius 2 is 1.90 bits per heavy atom. The predicted octanol–water partition coefficient (Wildman–Crippen LogP) is -0.217. The molecule has 0 bridgehead atoms. The molecular formula is C22H20N2O7. The van der Waals surface area contributed by atoms with Gasteiger partial charge in [-0.2, -0.15) is 5.26 Å². The summed E-state index contributed by atoms with van der Waals surface area (Å²) in [6.45, 7) is 0. The van der Waals surface area contributed by atoms with Gasteiger partial charge in [0.1, 0.15) is 5.75 Å². The Balaban J connectivity index is 1.79. The lowest BCUT2D eigenvalue weighted by molar-refractivity contribution is -0.175. The highest BCUT2D eigenvalue weighted by molar-refractivity contribution is 6.31. The van der Waals surface area contributed by atoms with Crippen LogP contribution in [0.25, 0.3) is 0 Å². The lowest BCUT2D eigenvalue weighted by Crippen LogP contribution is -2.68. The number of aryl methyl sites for hydroxylation is 1. The number of aliphatic hydroxyl groups is 1. The molecule has 160 valence electrons. The van der Waals surface area contributed by atoms with Gasteiger partial charge in [-0.1, -0.05) is 6.07 Å². The number of carbonyl (C=O) groups excluding carboxylic acids is 5. The summed E-state index contributed by atoms with van der Waals surface area (Å²) in [4.78, 5) is 63.3. The van der Waals surface area contributed by atoms with Gasteiger partial charge in [0.2, 0.25) is 5.91 Å². The van der Waals surface area contributed by atoms with Crippen molar-refractivity contribution in [3.8, 4) is 11.8 Å². The number of nitriles is 1. The largest absolute Gasteiger partial charge is 0.507 e. The minimum Gasteiger partial charge on any atom is -0.507 e. The standard InChI is InChI=1S/C22H20N2O7/c23-5-1-2-9-3-4-13(25)16-12(9)7-10-6-11-8-14(26)17(21(24)30)20(29)22(11,31)19(28)15(10)18(16)27/h3-4,10-11,15,17,25,31H,1-2,6-8H2,(H2,24,30)/t10-,11+,15?,17?,22+/m1/s1. The van der Waals surface area contributed by atoms with Crippen molar-refractivity contribution in [2.75, 3.05) is 0 Å². The molecule has 0 saturated heterocycles. The summed E-state index contributed by atoms with van der Waals surface area (Å²) in [7, 11) is 0. The van der Waals surface area contributed by atoms with E-state index in [1.54, 1.807) is 6.07 Å². The van der Waals surface area contributed by atoms with Gasteiger partial charge in [0.05, 0.1) is 17.6 Å². The normalized spacial score (nSPS) is 32.0. The van der Waals surface area contributed by atoms with Crippen LogP contribution in [-0.2, 0) is 32.0 Å². The highest BCUT2D eigenvalue weighted by atomic mass is 16.3. The summed E-state index contributed by atoms with van der Waals surface area (Å²) in [5.74, 6) is -10.2. The van der Waals surface area contributed by atoms with Crippen LogP contribution in [0.2, 0.25) is 0 Å². The molecule has 0 aromatic heterocycles. The Bertz CT molecular complexity index is 1100. The number of fused-ring (bicyclic) bond motifs is 3. The molecule has 4 N–H and O–H groups in total. The van der Waals surface area contributed by atoms with Crippen molar-refractivity contribution in [3.05, 3.63) is 28.8 Å². The third-order valence-electron chi connectivity index (χ3n) is 6.89. The second-order valence-corrected chi connectivity index (χ2v) is 8.49. The summed E-state index contributed by atoms with van der Waals surface area (Å²) in [5.41, 5.74) is 3.71. The number of ketones is 4. The maximum Gasteiger partial charge on any atom is 0.235 e. The fourth-order valence-electron chi connectivity index (χ4n) is 5.46. The first-order valence-corrected chi connectivity index (χ1v) is 10.0. The van der Waals surface area contributed by atoms with Crippen molar-refractivity contribution in [3.63, 3.8) is 0 Å². The Hall–Kier alpha value is -3.38. The summed E-state index contributed by atoms with van der Waals surface area (Å²) < 4.78 is 0. The molecule has 1 aromatic carbocycles. The van der Waals surface area contributed by atoms with E-state index in [9.17, 15) is 34.2 Å². The molecule has 4 rings (SSSR count). The van der Waals surface area contributed by atoms with Crippen molar-refractivity contribution in [1.29, 1.82) is 5.26 Å². The fraction of sp³-hybridized carbons (Fsp3) is 0.455. The number of benzene rings is 1. The molecule has 0 heterocycles. The van der Waals surface area contributed by atoms with E-state index in [1.165, 1.54) is 6.07 Å². The zero-order chi connectivity index (χ0) is 22.7. The van der Waals surface area contributed by atoms with E-state index >= 15 is 0 Å². The lowest BCUT2D eigenvalue weighted by Gasteiger charge is -2.48. The zero-order valence-electron chi connectivity index (χ0n) is 16.5. The van der Waals surface area contributed by atoms with Crippen molar-refractivity contribution in [1.82, 2.24) is 0 Å². The van der Waals surface area contributed by atoms with E-state index in [0.29, 0.717) is 17.5 Å². The number of aromatic hydroxyl groups is 1. The highest BCUT2D eigenvalue weighted by Gasteiger charge is 2.66. The second-order valence-electron chi connectivity index (χ2n) is 8.49. The van der Waals surface area contributed by atoms with Crippen LogP contribution in [0.15, 0.2) is 12.1 Å². The van der Waals surface area contributed by atoms with Crippen LogP contribution < -0.4 is 5.73 Å². The van der Waals surface area contributed by atoms with Gasteiger partial charge in [-0.15, -0.1) is 0 Å². The van der Waals surface area contributed by atoms with Gasteiger partial charge < -0.3 is 15.9 Å². The molecule has 5 atom stereocenters. The van der Waals surface area contributed by atoms with E-state index in [-0.39, 0.29) is 37.0 Å². The minimum atomic E-state index is -2.64. The topological polar surface area (TPSA) is 176 Å². The van der Waals surface area contributed by atoms with Gasteiger partial charge in [-0.25, -0.2) is 0 Å². The third kappa shape index (κ3) is 2.82. The molecule has 0 aliphatic heterocycles. The highest BCUT2D eigenvalue weighted by Crippen LogP contribution is 2.50. The summed E-state index contributed by atoms with van der Waals surface area (Å²) >= 11 is 0. The summed E-state index contributed by atoms with van der Waals surface area (Å²) in [6.07, 6.45) is 0.475. The van der Waals surface area contributed by atoms with E-state index in [4.69, 9.17) is 11.0 Å². The minimum absolute atomic E-state index is 0.0436. The van der Waals surface area contributed by atoms with Gasteiger partial charge in [-0.05, 0) is 42.4 Å². The number of carbonyl (C=O) groups is 5. The Labute approximate surface area is 176 Å². The van der Waals surface area contributed by atoms with Crippen LogP contribution in [0.3, 0.4) is 0 Å². The molecule has 31 heavy (non-hydrogen) atoms. The number of rotatable bonds is 3. The first-order valence-electron chi connectivity index (χ1n) is 10.0. The van der Waals surface area contributed by atoms with E-state index in [1.807, 2.05) is 6.07 Å². The first-order chi connectivity index (χ1) is 14.6. The fourth-order valence-corrected chi connectivity index (χ4v) is 5.46. The average molecular weight is 424 g/mol. The van der Waals surface area contributed by atoms with Crippen molar-refractivity contribution >= 4 is 29.0 Å². The third-order valence-corrected chi connectivity index (χ3v) is 6.89. The molecule has 9 heteroatoms. The molecule has 1 aromatic rings. The molecule has 3 aliphatic carbocycles. The molecular weight excluding hydrogens is 404 g/mol. The van der Waals surface area contributed by atoms with E-state index < -0.39 is 58.3 Å². The maximum absolute atomic E-state index is 13.3. The number of nitrogens with two attached hydrogens (primary N) is 1. The average Bonchev–Trinajstić information content (AvgIpc) is 2.70. The van der Waals surface area contributed by atoms with Gasteiger partial charge in [0.15, 0.2) is 34.7 Å². The molecule has 0 radical (unpaired) electrons. The van der Waals surface area contributed by atoms with Gasteiger partial charge >= 0.3 is 0 Å². The second kappa shape index (κ2) is 7.10. The van der Waals surface area contributed by atoms with Crippen LogP contribution in [0.4, 0.5) is 0 Å². The number of hydrogen-bond acceptors (Lipinski definition) is 8. The van der Waals surface area contributed by atoms with Crippen LogP contribution >= 0.6 is 0 Å². The molecule has 2 saturated carbocycles. The van der Waals surface area contributed by atoms with Crippen molar-refractivity contribution in [2.24, 2.45) is 29.4 Å². The van der Waals surface area contributed by atoms with Crippen LogP contribution in [0, 0.1) is 35.0 Å². The Morgan fingerprint density at radius 3 is 2.55 bits per heavy atom. The van der Waals surface area contributed by atoms with Crippen LogP contribution in [-0.4, -0.2) is 44.9 Å². The number of Topliss-reactive ketones (excluding diaryl/α,β-unsaturated/α-hetero) is 4. The molecule has 0 spiro atoms. The van der Waals surface area contributed by atoms with E-state index in [2.05, 4.69) is 0 Å². The summed E-state index contributed by atoms with van der Waals surface area (Å²) in [6, 6.07) is 4.98. The number of phenolic OH excluding ortho intramolecular Hbond substituents is 1. The molecule has 2 fully saturated rings. The molecule has 9 nitrogen and oxygen atoms in total. The lowest BCUT2D eigenvalue weighted by atomic mass is 9.53. The Kier molecular flexibility index (Phi) is 4.78. The first kappa shape index (κ1) is 20.9. The van der Waals surface area contributed by atoms with Crippen molar-refractivity contribution < 1.29 is 34.2 Å². The number of primary amides is 1. The van der Waals surface area contributed by atoms with Crippen LogP contribution in [0.1, 0.15) is 40.7 Å². The van der Waals surface area contributed by atoms with Gasteiger partial charge in [0.25, 0.3) is 0 Å². The zero-order valence-corrected chi connectivity index (χ0v) is 16.5. The summed E-state index contributed by atoms with van der Waals surface area (Å²) in [5, 5.41) is 30.3. The quantitative estimate of drug-likeness (QED) is 0.558. The van der Waals surface area contributed by atoms with Gasteiger partial charge in [0, 0.05) is 18.8 Å². The van der Waals surface area contributed by atoms with E-state index in [0.717, 1.165) is 0 Å². The monoisotopic (exact) mass is 424 g/mol. The number of nitrogens with zero attached hydrogens (tertiary/aromatic N) is 1. The Morgan fingerprint density at radius 1 is 1.19 bits per heavy atom. The molecule has 2 unspecified atom stereocenters. The molecule has 3 aliphatic rings. The number of hydrogen-bond donors (Lipinski definition) is 3. The SMILES string of the molecule is N#CCCc1ccc(O)c2c1C[C@H]1C[C@H]3CC(=O)C(C(N)=O)C(=O)[C@@]3(O)C(=O)C1C2=O. The maximum atomic E-state index is 13.3. The molecule has 1 amide bonds. The van der Waals surface area contributed by atoms with Crippen molar-refractivity contribution in [2.45, 2.75) is 37.7 Å². The predicted molar refractivity (Wildman–Crippen MR) is 102 cm³/mol. The van der Waals surface area contributed by atoms with Crippen LogP contribution in [0.5, 0.6) is 5.75 Å². The smallest absolute Gasteiger partial charge is 0.235 e. The van der Waals surface area contributed by atoms with Gasteiger partial charge in [-0.3, -0.25) is 24.0 Å². The number of phenols is 1. The number of amides is 1.